The van der Waals surface area contributed by atoms with Gasteiger partial charge < -0.3 is 15.2 Å². The summed E-state index contributed by atoms with van der Waals surface area (Å²) in [4.78, 5) is 22.2. The standard InChI is InChI=1S/C15H19NO4/c17-14(9-11-3-1-2-4-11)16-12-5-7-13(8-6-12)20-10-15(18)19/h5-8,11H,1-4,9-10H2,(H,16,17)(H,18,19). The molecule has 20 heavy (non-hydrogen) atoms. The number of hydrogen-bond acceptors (Lipinski definition) is 3. The summed E-state index contributed by atoms with van der Waals surface area (Å²) in [7, 11) is 0. The van der Waals surface area contributed by atoms with Crippen molar-refractivity contribution in [2.24, 2.45) is 5.92 Å². The SMILES string of the molecule is O=C(O)COc1ccc(NC(=O)CC2CCCC2)cc1. The number of carboxylic acids is 1. The summed E-state index contributed by atoms with van der Waals surface area (Å²) in [6, 6.07) is 6.72. The summed E-state index contributed by atoms with van der Waals surface area (Å²) in [6.45, 7) is -0.368. The van der Waals surface area contributed by atoms with Crippen molar-refractivity contribution in [3.05, 3.63) is 24.3 Å². The second-order valence-electron chi connectivity index (χ2n) is 5.11. The van der Waals surface area contributed by atoms with Gasteiger partial charge in [0.15, 0.2) is 6.61 Å². The average Bonchev–Trinajstić information content (AvgIpc) is 2.90. The third-order valence-electron chi connectivity index (χ3n) is 3.45. The number of carbonyl (C=O) groups excluding carboxylic acids is 1. The minimum atomic E-state index is -1.01. The second kappa shape index (κ2) is 6.93. The van der Waals surface area contributed by atoms with E-state index >= 15 is 0 Å². The molecule has 0 atom stereocenters. The Bertz CT molecular complexity index is 463. The molecule has 0 bridgehead atoms. The van der Waals surface area contributed by atoms with Crippen LogP contribution in [0.3, 0.4) is 0 Å². The molecular weight excluding hydrogens is 258 g/mol. The van der Waals surface area contributed by atoms with E-state index in [2.05, 4.69) is 5.32 Å². The lowest BCUT2D eigenvalue weighted by molar-refractivity contribution is -0.139. The zero-order valence-electron chi connectivity index (χ0n) is 11.3. The van der Waals surface area contributed by atoms with Gasteiger partial charge in [-0.25, -0.2) is 4.79 Å². The highest BCUT2D eigenvalue weighted by molar-refractivity contribution is 5.90. The molecule has 1 saturated carbocycles. The lowest BCUT2D eigenvalue weighted by atomic mass is 10.0. The number of rotatable bonds is 6. The van der Waals surface area contributed by atoms with E-state index in [9.17, 15) is 9.59 Å². The van der Waals surface area contributed by atoms with Gasteiger partial charge in [0, 0.05) is 12.1 Å². The average molecular weight is 277 g/mol. The van der Waals surface area contributed by atoms with E-state index in [-0.39, 0.29) is 12.5 Å². The monoisotopic (exact) mass is 277 g/mol. The van der Waals surface area contributed by atoms with E-state index in [4.69, 9.17) is 9.84 Å². The Balaban J connectivity index is 1.80. The van der Waals surface area contributed by atoms with Crippen LogP contribution in [0.2, 0.25) is 0 Å². The van der Waals surface area contributed by atoms with Gasteiger partial charge in [0.05, 0.1) is 0 Å². The van der Waals surface area contributed by atoms with Gasteiger partial charge in [-0.1, -0.05) is 12.8 Å². The Labute approximate surface area is 117 Å². The van der Waals surface area contributed by atoms with E-state index in [1.54, 1.807) is 24.3 Å². The quantitative estimate of drug-likeness (QED) is 0.838. The number of amides is 1. The summed E-state index contributed by atoms with van der Waals surface area (Å²) in [5.41, 5.74) is 0.704. The van der Waals surface area contributed by atoms with E-state index in [1.807, 2.05) is 0 Å². The van der Waals surface area contributed by atoms with Crippen LogP contribution in [0.4, 0.5) is 5.69 Å². The molecule has 5 heteroatoms. The second-order valence-corrected chi connectivity index (χ2v) is 5.11. The van der Waals surface area contributed by atoms with Crippen molar-refractivity contribution >= 4 is 17.6 Å². The first-order chi connectivity index (χ1) is 9.63. The predicted molar refractivity (Wildman–Crippen MR) is 74.8 cm³/mol. The van der Waals surface area contributed by atoms with Crippen molar-refractivity contribution in [2.45, 2.75) is 32.1 Å². The van der Waals surface area contributed by atoms with Gasteiger partial charge in [0.2, 0.25) is 5.91 Å². The smallest absolute Gasteiger partial charge is 0.341 e. The first kappa shape index (κ1) is 14.4. The lowest BCUT2D eigenvalue weighted by Crippen LogP contribution is -2.15. The van der Waals surface area contributed by atoms with Crippen LogP contribution in [-0.2, 0) is 9.59 Å². The molecule has 1 fully saturated rings. The zero-order chi connectivity index (χ0) is 14.4. The van der Waals surface area contributed by atoms with Crippen LogP contribution >= 0.6 is 0 Å². The minimum Gasteiger partial charge on any atom is -0.482 e. The maximum Gasteiger partial charge on any atom is 0.341 e. The molecule has 1 aliphatic carbocycles. The first-order valence-corrected chi connectivity index (χ1v) is 6.88. The van der Waals surface area contributed by atoms with Gasteiger partial charge in [-0.15, -0.1) is 0 Å². The summed E-state index contributed by atoms with van der Waals surface area (Å²) < 4.78 is 5.02. The van der Waals surface area contributed by atoms with Crippen molar-refractivity contribution in [3.8, 4) is 5.75 Å². The number of carboxylic acid groups (broad SMARTS) is 1. The maximum absolute atomic E-state index is 11.8. The fourth-order valence-corrected chi connectivity index (χ4v) is 2.47. The van der Waals surface area contributed by atoms with Crippen LogP contribution in [0.25, 0.3) is 0 Å². The highest BCUT2D eigenvalue weighted by Crippen LogP contribution is 2.27. The van der Waals surface area contributed by atoms with Crippen molar-refractivity contribution in [2.75, 3.05) is 11.9 Å². The molecule has 1 amide bonds. The Hall–Kier alpha value is -2.04. The van der Waals surface area contributed by atoms with Crippen LogP contribution < -0.4 is 10.1 Å². The van der Waals surface area contributed by atoms with Crippen molar-refractivity contribution in [1.82, 2.24) is 0 Å². The number of carbonyl (C=O) groups is 2. The molecular formula is C15H19NO4. The van der Waals surface area contributed by atoms with Gasteiger partial charge in [0.1, 0.15) is 5.75 Å². The first-order valence-electron chi connectivity index (χ1n) is 6.88. The third-order valence-corrected chi connectivity index (χ3v) is 3.45. The molecule has 2 N–H and O–H groups in total. The van der Waals surface area contributed by atoms with Crippen LogP contribution in [0.1, 0.15) is 32.1 Å². The van der Waals surface area contributed by atoms with Crippen molar-refractivity contribution in [1.29, 1.82) is 0 Å². The van der Waals surface area contributed by atoms with Gasteiger partial charge in [-0.05, 0) is 43.0 Å². The van der Waals surface area contributed by atoms with Gasteiger partial charge in [0.25, 0.3) is 0 Å². The fraction of sp³-hybridized carbons (Fsp3) is 0.467. The van der Waals surface area contributed by atoms with Crippen LogP contribution in [0.5, 0.6) is 5.75 Å². The molecule has 2 rings (SSSR count). The minimum absolute atomic E-state index is 0.0381. The van der Waals surface area contributed by atoms with E-state index in [0.717, 1.165) is 12.8 Å². The van der Waals surface area contributed by atoms with E-state index in [1.165, 1.54) is 12.8 Å². The van der Waals surface area contributed by atoms with Crippen LogP contribution in [-0.4, -0.2) is 23.6 Å². The molecule has 5 nitrogen and oxygen atoms in total. The Kier molecular flexibility index (Phi) is 4.98. The molecule has 1 aliphatic rings. The number of anilines is 1. The highest BCUT2D eigenvalue weighted by atomic mass is 16.5. The molecule has 0 unspecified atom stereocenters. The fourth-order valence-electron chi connectivity index (χ4n) is 2.47. The normalized spacial score (nSPS) is 15.0. The zero-order valence-corrected chi connectivity index (χ0v) is 11.3. The molecule has 0 aliphatic heterocycles. The lowest BCUT2D eigenvalue weighted by Gasteiger charge is -2.10. The van der Waals surface area contributed by atoms with Crippen LogP contribution in [0, 0.1) is 5.92 Å². The molecule has 0 heterocycles. The van der Waals surface area contributed by atoms with Crippen molar-refractivity contribution in [3.63, 3.8) is 0 Å². The molecule has 0 aromatic heterocycles. The van der Waals surface area contributed by atoms with Crippen LogP contribution in [0.15, 0.2) is 24.3 Å². The summed E-state index contributed by atoms with van der Waals surface area (Å²) in [5.74, 6) is 0.0180. The van der Waals surface area contributed by atoms with E-state index in [0.29, 0.717) is 23.8 Å². The molecule has 108 valence electrons. The predicted octanol–water partition coefficient (Wildman–Crippen LogP) is 2.67. The maximum atomic E-state index is 11.8. The Morgan fingerprint density at radius 3 is 2.45 bits per heavy atom. The number of nitrogens with one attached hydrogen (secondary N) is 1. The van der Waals surface area contributed by atoms with Gasteiger partial charge >= 0.3 is 5.97 Å². The molecule has 1 aromatic carbocycles. The number of aliphatic carboxylic acids is 1. The Morgan fingerprint density at radius 1 is 1.20 bits per heavy atom. The molecule has 0 radical (unpaired) electrons. The van der Waals surface area contributed by atoms with E-state index < -0.39 is 5.97 Å². The van der Waals surface area contributed by atoms with Gasteiger partial charge in [-0.2, -0.15) is 0 Å². The molecule has 0 saturated heterocycles. The molecule has 1 aromatic rings. The molecule has 0 spiro atoms. The number of hydrogen-bond donors (Lipinski definition) is 2. The summed E-state index contributed by atoms with van der Waals surface area (Å²) in [5, 5.41) is 11.4. The Morgan fingerprint density at radius 2 is 1.85 bits per heavy atom. The topological polar surface area (TPSA) is 75.6 Å². The summed E-state index contributed by atoms with van der Waals surface area (Å²) in [6.07, 6.45) is 5.34. The number of benzene rings is 1. The van der Waals surface area contributed by atoms with Gasteiger partial charge in [-0.3, -0.25) is 4.79 Å². The van der Waals surface area contributed by atoms with Crippen molar-refractivity contribution < 1.29 is 19.4 Å². The highest BCUT2D eigenvalue weighted by Gasteiger charge is 2.18. The third kappa shape index (κ3) is 4.57. The summed E-state index contributed by atoms with van der Waals surface area (Å²) >= 11 is 0. The largest absolute Gasteiger partial charge is 0.482 e. The number of ether oxygens (including phenoxy) is 1.